The van der Waals surface area contributed by atoms with Crippen molar-refractivity contribution in [3.8, 4) is 5.75 Å². The lowest BCUT2D eigenvalue weighted by atomic mass is 9.98. The average molecular weight is 435 g/mol. The molecule has 0 saturated heterocycles. The summed E-state index contributed by atoms with van der Waals surface area (Å²) >= 11 is 3.42. The number of halogens is 1. The number of benzene rings is 3. The van der Waals surface area contributed by atoms with E-state index in [4.69, 9.17) is 9.84 Å². The first kappa shape index (κ1) is 18.4. The van der Waals surface area contributed by atoms with Gasteiger partial charge < -0.3 is 4.74 Å². The first-order valence-corrected chi connectivity index (χ1v) is 9.81. The molecule has 3 aromatic rings. The molecular formula is C23H19BrN2O2. The van der Waals surface area contributed by atoms with E-state index in [1.165, 1.54) is 0 Å². The summed E-state index contributed by atoms with van der Waals surface area (Å²) in [5, 5.41) is 6.32. The maximum Gasteiger partial charge on any atom is 0.274 e. The first-order chi connectivity index (χ1) is 13.7. The SMILES string of the molecule is COc1ccc(C2CC(c3ccccc3)=NN2C(=O)c2ccc(Br)cc2)cc1. The van der Waals surface area contributed by atoms with E-state index in [0.717, 1.165) is 27.1 Å². The van der Waals surface area contributed by atoms with E-state index >= 15 is 0 Å². The molecule has 0 spiro atoms. The number of hydrogen-bond donors (Lipinski definition) is 0. The van der Waals surface area contributed by atoms with Gasteiger partial charge in [-0.3, -0.25) is 4.79 Å². The van der Waals surface area contributed by atoms with Gasteiger partial charge in [0.2, 0.25) is 0 Å². The highest BCUT2D eigenvalue weighted by Gasteiger charge is 2.33. The van der Waals surface area contributed by atoms with E-state index in [1.807, 2.05) is 78.9 Å². The van der Waals surface area contributed by atoms with Gasteiger partial charge in [0.15, 0.2) is 0 Å². The second-order valence-electron chi connectivity index (χ2n) is 6.56. The molecule has 0 aliphatic carbocycles. The molecule has 1 aliphatic heterocycles. The molecule has 5 heteroatoms. The van der Waals surface area contributed by atoms with Crippen LogP contribution in [0, 0.1) is 0 Å². The number of amides is 1. The van der Waals surface area contributed by atoms with Gasteiger partial charge in [-0.15, -0.1) is 0 Å². The van der Waals surface area contributed by atoms with E-state index in [0.29, 0.717) is 12.0 Å². The predicted octanol–water partition coefficient (Wildman–Crippen LogP) is 5.45. The molecule has 0 radical (unpaired) electrons. The van der Waals surface area contributed by atoms with Crippen molar-refractivity contribution in [2.45, 2.75) is 12.5 Å². The molecule has 3 aromatic carbocycles. The van der Waals surface area contributed by atoms with Crippen molar-refractivity contribution in [1.82, 2.24) is 5.01 Å². The summed E-state index contributed by atoms with van der Waals surface area (Å²) in [5.74, 6) is 0.677. The number of rotatable bonds is 4. The number of carbonyl (C=O) groups excluding carboxylic acids is 1. The molecule has 1 amide bonds. The molecule has 0 N–H and O–H groups in total. The van der Waals surface area contributed by atoms with Crippen molar-refractivity contribution in [3.63, 3.8) is 0 Å². The minimum Gasteiger partial charge on any atom is -0.497 e. The highest BCUT2D eigenvalue weighted by molar-refractivity contribution is 9.10. The maximum atomic E-state index is 13.2. The second-order valence-corrected chi connectivity index (χ2v) is 7.48. The van der Waals surface area contributed by atoms with Crippen LogP contribution in [0.3, 0.4) is 0 Å². The molecule has 1 unspecified atom stereocenters. The highest BCUT2D eigenvalue weighted by Crippen LogP contribution is 2.34. The van der Waals surface area contributed by atoms with E-state index in [1.54, 1.807) is 12.1 Å². The Kier molecular flexibility index (Phi) is 5.26. The van der Waals surface area contributed by atoms with Crippen LogP contribution < -0.4 is 4.74 Å². The molecule has 4 rings (SSSR count). The van der Waals surface area contributed by atoms with E-state index in [2.05, 4.69) is 15.9 Å². The van der Waals surface area contributed by atoms with Gasteiger partial charge in [0.05, 0.1) is 18.9 Å². The molecule has 1 aliphatic rings. The minimum absolute atomic E-state index is 0.112. The highest BCUT2D eigenvalue weighted by atomic mass is 79.9. The first-order valence-electron chi connectivity index (χ1n) is 9.01. The van der Waals surface area contributed by atoms with E-state index < -0.39 is 0 Å². The Bertz CT molecular complexity index is 999. The third-order valence-electron chi connectivity index (χ3n) is 4.82. The summed E-state index contributed by atoms with van der Waals surface area (Å²) in [4.78, 5) is 13.2. The Balaban J connectivity index is 1.71. The third-order valence-corrected chi connectivity index (χ3v) is 5.35. The Labute approximate surface area is 172 Å². The van der Waals surface area contributed by atoms with Crippen LogP contribution >= 0.6 is 15.9 Å². The fourth-order valence-electron chi connectivity index (χ4n) is 3.31. The van der Waals surface area contributed by atoms with Crippen molar-refractivity contribution < 1.29 is 9.53 Å². The van der Waals surface area contributed by atoms with Crippen molar-refractivity contribution in [3.05, 3.63) is 100 Å². The van der Waals surface area contributed by atoms with Gasteiger partial charge in [-0.1, -0.05) is 58.4 Å². The van der Waals surface area contributed by atoms with Gasteiger partial charge >= 0.3 is 0 Å². The van der Waals surface area contributed by atoms with Crippen LogP contribution in [0.25, 0.3) is 0 Å². The van der Waals surface area contributed by atoms with Crippen LogP contribution in [-0.4, -0.2) is 23.7 Å². The summed E-state index contributed by atoms with van der Waals surface area (Å²) in [6.45, 7) is 0. The molecule has 0 saturated carbocycles. The molecule has 1 atom stereocenters. The summed E-state index contributed by atoms with van der Waals surface area (Å²) in [7, 11) is 1.64. The lowest BCUT2D eigenvalue weighted by molar-refractivity contribution is 0.0711. The number of nitrogens with zero attached hydrogens (tertiary/aromatic N) is 2. The Morgan fingerprint density at radius 2 is 1.68 bits per heavy atom. The maximum absolute atomic E-state index is 13.2. The monoisotopic (exact) mass is 434 g/mol. The number of carbonyl (C=O) groups is 1. The van der Waals surface area contributed by atoms with Gasteiger partial charge in [0.1, 0.15) is 5.75 Å². The van der Waals surface area contributed by atoms with Gasteiger partial charge in [0, 0.05) is 16.5 Å². The molecular weight excluding hydrogens is 416 g/mol. The van der Waals surface area contributed by atoms with Crippen LogP contribution in [0.4, 0.5) is 0 Å². The fraction of sp³-hybridized carbons (Fsp3) is 0.130. The zero-order chi connectivity index (χ0) is 19.5. The zero-order valence-electron chi connectivity index (χ0n) is 15.4. The molecule has 1 heterocycles. The number of ether oxygens (including phenoxy) is 1. The van der Waals surface area contributed by atoms with Crippen LogP contribution in [0.15, 0.2) is 88.4 Å². The van der Waals surface area contributed by atoms with Crippen LogP contribution in [0.1, 0.15) is 33.9 Å². The second kappa shape index (κ2) is 7.98. The number of hydrogen-bond acceptors (Lipinski definition) is 3. The largest absolute Gasteiger partial charge is 0.497 e. The van der Waals surface area contributed by atoms with Gasteiger partial charge in [0.25, 0.3) is 5.91 Å². The van der Waals surface area contributed by atoms with Crippen LogP contribution in [0.2, 0.25) is 0 Å². The number of methoxy groups -OCH3 is 1. The molecule has 0 bridgehead atoms. The third kappa shape index (κ3) is 3.71. The lowest BCUT2D eigenvalue weighted by Crippen LogP contribution is -2.27. The summed E-state index contributed by atoms with van der Waals surface area (Å²) < 4.78 is 6.20. The van der Waals surface area contributed by atoms with Gasteiger partial charge in [-0.05, 0) is 47.5 Å². The molecule has 0 fully saturated rings. The van der Waals surface area contributed by atoms with Crippen molar-refractivity contribution in [2.24, 2.45) is 5.10 Å². The topological polar surface area (TPSA) is 41.9 Å². The Morgan fingerprint density at radius 1 is 1.00 bits per heavy atom. The average Bonchev–Trinajstić information content (AvgIpc) is 3.20. The van der Waals surface area contributed by atoms with Gasteiger partial charge in [-0.25, -0.2) is 5.01 Å². The van der Waals surface area contributed by atoms with Crippen molar-refractivity contribution in [1.29, 1.82) is 0 Å². The van der Waals surface area contributed by atoms with E-state index in [9.17, 15) is 4.79 Å². The smallest absolute Gasteiger partial charge is 0.274 e. The standard InChI is InChI=1S/C23H19BrN2O2/c1-28-20-13-9-17(10-14-20)22-15-21(16-5-3-2-4-6-16)25-26(22)23(27)18-7-11-19(24)12-8-18/h2-14,22H,15H2,1H3. The number of hydrazone groups is 1. The normalized spacial score (nSPS) is 16.0. The molecule has 28 heavy (non-hydrogen) atoms. The molecule has 4 nitrogen and oxygen atoms in total. The van der Waals surface area contributed by atoms with Crippen LogP contribution in [-0.2, 0) is 0 Å². The zero-order valence-corrected chi connectivity index (χ0v) is 17.0. The van der Waals surface area contributed by atoms with Crippen molar-refractivity contribution >= 4 is 27.5 Å². The summed E-state index contributed by atoms with van der Waals surface area (Å²) in [6.07, 6.45) is 0.665. The lowest BCUT2D eigenvalue weighted by Gasteiger charge is -2.22. The molecule has 140 valence electrons. The minimum atomic E-state index is -0.155. The quantitative estimate of drug-likeness (QED) is 0.547. The van der Waals surface area contributed by atoms with Crippen LogP contribution in [0.5, 0.6) is 5.75 Å². The predicted molar refractivity (Wildman–Crippen MR) is 114 cm³/mol. The molecule has 0 aromatic heterocycles. The Hall–Kier alpha value is -2.92. The summed E-state index contributed by atoms with van der Waals surface area (Å²) in [6, 6.07) is 25.0. The van der Waals surface area contributed by atoms with E-state index in [-0.39, 0.29) is 11.9 Å². The summed E-state index contributed by atoms with van der Waals surface area (Å²) in [5.41, 5.74) is 3.58. The fourth-order valence-corrected chi connectivity index (χ4v) is 3.58. The van der Waals surface area contributed by atoms with Crippen molar-refractivity contribution in [2.75, 3.05) is 7.11 Å². The van der Waals surface area contributed by atoms with Gasteiger partial charge in [-0.2, -0.15) is 5.10 Å². The Morgan fingerprint density at radius 3 is 2.32 bits per heavy atom.